The number of carbonyl (C=O) groups excluding carboxylic acids is 2. The van der Waals surface area contributed by atoms with E-state index in [1.807, 2.05) is 60.7 Å². The molecule has 5 nitrogen and oxygen atoms in total. The third-order valence-electron chi connectivity index (χ3n) is 4.22. The fourth-order valence-corrected chi connectivity index (χ4v) is 2.87. The molecule has 0 atom stereocenters. The number of benzene rings is 3. The molecular weight excluding hydrogens is 354 g/mol. The van der Waals surface area contributed by atoms with Gasteiger partial charge in [0.15, 0.2) is 6.61 Å². The van der Waals surface area contributed by atoms with E-state index in [0.717, 1.165) is 11.1 Å². The average molecular weight is 375 g/mol. The molecule has 0 heterocycles. The van der Waals surface area contributed by atoms with Crippen LogP contribution in [0.25, 0.3) is 0 Å². The number of nitrogens with one attached hydrogen (secondary N) is 1. The monoisotopic (exact) mass is 375 g/mol. The second-order valence-electron chi connectivity index (χ2n) is 6.10. The van der Waals surface area contributed by atoms with Crippen molar-refractivity contribution in [2.24, 2.45) is 0 Å². The lowest BCUT2D eigenvalue weighted by molar-refractivity contribution is -0.123. The number of hydrogen-bond donors (Lipinski definition) is 1. The first-order valence-electron chi connectivity index (χ1n) is 8.88. The normalized spacial score (nSPS) is 10.4. The van der Waals surface area contributed by atoms with Gasteiger partial charge < -0.3 is 14.8 Å². The van der Waals surface area contributed by atoms with Gasteiger partial charge in [-0.05, 0) is 23.3 Å². The van der Waals surface area contributed by atoms with Crippen molar-refractivity contribution < 1.29 is 19.1 Å². The SMILES string of the molecule is COC(=O)c1ccccc1OCC(=O)NC(c1ccccc1)c1ccccc1. The lowest BCUT2D eigenvalue weighted by atomic mass is 9.99. The summed E-state index contributed by atoms with van der Waals surface area (Å²) in [5.41, 5.74) is 2.22. The zero-order valence-corrected chi connectivity index (χ0v) is 15.5. The third-order valence-corrected chi connectivity index (χ3v) is 4.22. The number of rotatable bonds is 7. The smallest absolute Gasteiger partial charge is 0.341 e. The lowest BCUT2D eigenvalue weighted by Crippen LogP contribution is -2.33. The predicted molar refractivity (Wildman–Crippen MR) is 106 cm³/mol. The van der Waals surface area contributed by atoms with E-state index >= 15 is 0 Å². The van der Waals surface area contributed by atoms with Crippen LogP contribution in [0.2, 0.25) is 0 Å². The molecule has 3 rings (SSSR count). The molecule has 0 unspecified atom stereocenters. The van der Waals surface area contributed by atoms with Crippen LogP contribution in [0.15, 0.2) is 84.9 Å². The minimum atomic E-state index is -0.512. The molecule has 0 aromatic heterocycles. The summed E-state index contributed by atoms with van der Waals surface area (Å²) in [6.07, 6.45) is 0. The molecule has 0 fully saturated rings. The minimum absolute atomic E-state index is 0.218. The molecule has 3 aromatic carbocycles. The Morgan fingerprint density at radius 3 is 1.93 bits per heavy atom. The highest BCUT2D eigenvalue weighted by molar-refractivity contribution is 5.92. The highest BCUT2D eigenvalue weighted by atomic mass is 16.5. The van der Waals surface area contributed by atoms with Crippen molar-refractivity contribution in [2.45, 2.75) is 6.04 Å². The van der Waals surface area contributed by atoms with Gasteiger partial charge in [-0.1, -0.05) is 72.8 Å². The maximum Gasteiger partial charge on any atom is 0.341 e. The Labute approximate surface area is 163 Å². The van der Waals surface area contributed by atoms with Crippen LogP contribution in [-0.2, 0) is 9.53 Å². The minimum Gasteiger partial charge on any atom is -0.483 e. The van der Waals surface area contributed by atoms with Gasteiger partial charge in [0.25, 0.3) is 5.91 Å². The first-order valence-corrected chi connectivity index (χ1v) is 8.88. The maximum atomic E-state index is 12.6. The Hall–Kier alpha value is -3.60. The summed E-state index contributed by atoms with van der Waals surface area (Å²) in [5.74, 6) is -0.500. The van der Waals surface area contributed by atoms with E-state index in [4.69, 9.17) is 9.47 Å². The van der Waals surface area contributed by atoms with Gasteiger partial charge in [-0.15, -0.1) is 0 Å². The summed E-state index contributed by atoms with van der Waals surface area (Å²) < 4.78 is 10.3. The number of ether oxygens (including phenoxy) is 2. The van der Waals surface area contributed by atoms with Gasteiger partial charge in [0, 0.05) is 0 Å². The summed E-state index contributed by atoms with van der Waals surface area (Å²) in [5, 5.41) is 3.00. The third kappa shape index (κ3) is 4.76. The molecule has 0 bridgehead atoms. The van der Waals surface area contributed by atoms with Gasteiger partial charge in [0.05, 0.1) is 13.2 Å². The van der Waals surface area contributed by atoms with Crippen LogP contribution >= 0.6 is 0 Å². The number of esters is 1. The van der Waals surface area contributed by atoms with Gasteiger partial charge in [0.1, 0.15) is 11.3 Å². The van der Waals surface area contributed by atoms with E-state index in [0.29, 0.717) is 5.75 Å². The van der Waals surface area contributed by atoms with Gasteiger partial charge in [-0.25, -0.2) is 4.79 Å². The Balaban J connectivity index is 1.73. The summed E-state index contributed by atoms with van der Waals surface area (Å²) in [4.78, 5) is 24.4. The van der Waals surface area contributed by atoms with Crippen LogP contribution in [0.1, 0.15) is 27.5 Å². The molecule has 0 aliphatic rings. The highest BCUT2D eigenvalue weighted by Crippen LogP contribution is 2.22. The van der Waals surface area contributed by atoms with E-state index < -0.39 is 5.97 Å². The molecule has 142 valence electrons. The van der Waals surface area contributed by atoms with E-state index in [9.17, 15) is 9.59 Å². The summed E-state index contributed by atoms with van der Waals surface area (Å²) in [6.45, 7) is -0.218. The first-order chi connectivity index (χ1) is 13.7. The number of hydrogen-bond acceptors (Lipinski definition) is 4. The fraction of sp³-hybridized carbons (Fsp3) is 0.130. The van der Waals surface area contributed by atoms with E-state index in [-0.39, 0.29) is 24.1 Å². The van der Waals surface area contributed by atoms with Crippen molar-refractivity contribution in [1.82, 2.24) is 5.32 Å². The van der Waals surface area contributed by atoms with E-state index in [1.54, 1.807) is 24.3 Å². The Bertz CT molecular complexity index is 886. The van der Waals surface area contributed by atoms with E-state index in [1.165, 1.54) is 7.11 Å². The van der Waals surface area contributed by atoms with Gasteiger partial charge in [0.2, 0.25) is 0 Å². The van der Waals surface area contributed by atoms with Crippen LogP contribution in [0.5, 0.6) is 5.75 Å². The Kier molecular flexibility index (Phi) is 6.41. The molecule has 0 aliphatic carbocycles. The number of methoxy groups -OCH3 is 1. The lowest BCUT2D eigenvalue weighted by Gasteiger charge is -2.20. The number of para-hydroxylation sites is 1. The molecule has 1 N–H and O–H groups in total. The van der Waals surface area contributed by atoms with Crippen molar-refractivity contribution in [3.63, 3.8) is 0 Å². The van der Waals surface area contributed by atoms with Gasteiger partial charge >= 0.3 is 5.97 Å². The maximum absolute atomic E-state index is 12.6. The largest absolute Gasteiger partial charge is 0.483 e. The van der Waals surface area contributed by atoms with Crippen molar-refractivity contribution in [2.75, 3.05) is 13.7 Å². The zero-order chi connectivity index (χ0) is 19.8. The van der Waals surface area contributed by atoms with Gasteiger partial charge in [-0.2, -0.15) is 0 Å². The molecule has 0 spiro atoms. The summed E-state index contributed by atoms with van der Waals surface area (Å²) in [6, 6.07) is 25.8. The number of carbonyl (C=O) groups is 2. The van der Waals surface area contributed by atoms with Gasteiger partial charge in [-0.3, -0.25) is 4.79 Å². The summed E-state index contributed by atoms with van der Waals surface area (Å²) >= 11 is 0. The molecule has 1 amide bonds. The van der Waals surface area contributed by atoms with Crippen molar-refractivity contribution in [3.8, 4) is 5.75 Å². The standard InChI is InChI=1S/C23H21NO4/c1-27-23(26)19-14-8-9-15-20(19)28-16-21(25)24-22(17-10-4-2-5-11-17)18-12-6-3-7-13-18/h2-15,22H,16H2,1H3,(H,24,25). The highest BCUT2D eigenvalue weighted by Gasteiger charge is 2.18. The molecule has 0 aliphatic heterocycles. The number of amides is 1. The van der Waals surface area contributed by atoms with Crippen LogP contribution in [0.4, 0.5) is 0 Å². The molecule has 3 aromatic rings. The molecule has 28 heavy (non-hydrogen) atoms. The molecular formula is C23H21NO4. The Morgan fingerprint density at radius 1 is 0.821 bits per heavy atom. The average Bonchev–Trinajstić information content (AvgIpc) is 2.77. The Morgan fingerprint density at radius 2 is 1.36 bits per heavy atom. The first kappa shape index (κ1) is 19.2. The van der Waals surface area contributed by atoms with Crippen LogP contribution in [-0.4, -0.2) is 25.6 Å². The fourth-order valence-electron chi connectivity index (χ4n) is 2.87. The topological polar surface area (TPSA) is 64.6 Å². The summed E-state index contributed by atoms with van der Waals surface area (Å²) in [7, 11) is 1.30. The van der Waals surface area contributed by atoms with Crippen LogP contribution in [0.3, 0.4) is 0 Å². The predicted octanol–water partition coefficient (Wildman–Crippen LogP) is 3.76. The quantitative estimate of drug-likeness (QED) is 0.639. The second-order valence-corrected chi connectivity index (χ2v) is 6.10. The molecule has 0 saturated heterocycles. The zero-order valence-electron chi connectivity index (χ0n) is 15.5. The van der Waals surface area contributed by atoms with Crippen LogP contribution in [0, 0.1) is 0 Å². The molecule has 0 radical (unpaired) electrons. The van der Waals surface area contributed by atoms with Crippen molar-refractivity contribution >= 4 is 11.9 Å². The van der Waals surface area contributed by atoms with Crippen molar-refractivity contribution in [3.05, 3.63) is 102 Å². The van der Waals surface area contributed by atoms with Crippen LogP contribution < -0.4 is 10.1 Å². The second kappa shape index (κ2) is 9.37. The molecule has 0 saturated carbocycles. The van der Waals surface area contributed by atoms with Crippen molar-refractivity contribution in [1.29, 1.82) is 0 Å². The van der Waals surface area contributed by atoms with E-state index in [2.05, 4.69) is 5.32 Å². The molecule has 5 heteroatoms.